The van der Waals surface area contributed by atoms with Crippen molar-refractivity contribution in [2.45, 2.75) is 19.6 Å². The van der Waals surface area contributed by atoms with Crippen LogP contribution in [0, 0.1) is 6.92 Å². The molecule has 132 valence electrons. The van der Waals surface area contributed by atoms with Crippen LogP contribution < -0.4 is 5.32 Å². The third-order valence-corrected chi connectivity index (χ3v) is 4.02. The number of alkyl halides is 3. The van der Waals surface area contributed by atoms with Gasteiger partial charge in [-0.15, -0.1) is 5.10 Å². The molecule has 1 N–H and O–H groups in total. The molecule has 0 fully saturated rings. The summed E-state index contributed by atoms with van der Waals surface area (Å²) in [7, 11) is 0. The quantitative estimate of drug-likeness (QED) is 0.597. The average Bonchev–Trinajstić information content (AvgIpc) is 3.01. The van der Waals surface area contributed by atoms with E-state index in [9.17, 15) is 13.2 Å². The van der Waals surface area contributed by atoms with E-state index in [0.29, 0.717) is 29.5 Å². The predicted molar refractivity (Wildman–Crippen MR) is 91.8 cm³/mol. The highest BCUT2D eigenvalue weighted by molar-refractivity contribution is 5.92. The molecule has 0 aliphatic carbocycles. The van der Waals surface area contributed by atoms with Gasteiger partial charge in [0.05, 0.1) is 11.1 Å². The van der Waals surface area contributed by atoms with E-state index in [1.54, 1.807) is 11.4 Å². The van der Waals surface area contributed by atoms with E-state index in [-0.39, 0.29) is 0 Å². The number of hydrogen-bond donors (Lipinski definition) is 1. The molecule has 2 heterocycles. The minimum absolute atomic E-state index is 0.317. The Morgan fingerprint density at radius 2 is 1.73 bits per heavy atom. The molecule has 0 radical (unpaired) electrons. The number of rotatable bonds is 3. The van der Waals surface area contributed by atoms with Crippen molar-refractivity contribution in [1.82, 2.24) is 19.6 Å². The van der Waals surface area contributed by atoms with Gasteiger partial charge in [0.25, 0.3) is 0 Å². The van der Waals surface area contributed by atoms with Gasteiger partial charge in [0.1, 0.15) is 5.82 Å². The van der Waals surface area contributed by atoms with E-state index < -0.39 is 11.7 Å². The number of nitrogens with zero attached hydrogens (tertiary/aromatic N) is 4. The number of para-hydroxylation sites is 1. The van der Waals surface area contributed by atoms with E-state index in [0.717, 1.165) is 23.0 Å². The molecule has 2 aromatic carbocycles. The van der Waals surface area contributed by atoms with Gasteiger partial charge in [-0.05, 0) is 36.8 Å². The summed E-state index contributed by atoms with van der Waals surface area (Å²) in [4.78, 5) is 9.00. The second kappa shape index (κ2) is 5.98. The highest BCUT2D eigenvalue weighted by Crippen LogP contribution is 2.29. The van der Waals surface area contributed by atoms with Crippen LogP contribution in [0.15, 0.2) is 48.5 Å². The number of fused-ring (bicyclic) bond motifs is 3. The van der Waals surface area contributed by atoms with Gasteiger partial charge < -0.3 is 5.32 Å². The van der Waals surface area contributed by atoms with Crippen molar-refractivity contribution in [2.24, 2.45) is 0 Å². The number of anilines is 1. The Kier molecular flexibility index (Phi) is 3.75. The summed E-state index contributed by atoms with van der Waals surface area (Å²) in [5.41, 5.74) is 1.49. The number of aromatic nitrogens is 4. The fourth-order valence-electron chi connectivity index (χ4n) is 2.77. The Bertz CT molecular complexity index is 1080. The summed E-state index contributed by atoms with van der Waals surface area (Å²) in [6.45, 7) is 2.11. The molecular formula is C18H14F3N5. The molecule has 0 spiro atoms. The van der Waals surface area contributed by atoms with Gasteiger partial charge in [0.15, 0.2) is 5.65 Å². The van der Waals surface area contributed by atoms with Crippen molar-refractivity contribution in [3.8, 4) is 0 Å². The first-order chi connectivity index (χ1) is 12.4. The van der Waals surface area contributed by atoms with E-state index in [1.165, 1.54) is 12.1 Å². The summed E-state index contributed by atoms with van der Waals surface area (Å²) in [5, 5.41) is 8.37. The lowest BCUT2D eigenvalue weighted by molar-refractivity contribution is -0.137. The Morgan fingerprint density at radius 1 is 1.00 bits per heavy atom. The standard InChI is InChI=1S/C18H14F3N5/c1-11-23-16-14-4-2-3-5-15(14)24-17(26(16)25-11)22-10-12-6-8-13(9-7-12)18(19,20)21/h2-9H,10H2,1H3,(H,22,24). The third kappa shape index (κ3) is 2.94. The number of benzene rings is 2. The molecular weight excluding hydrogens is 343 g/mol. The molecule has 2 aromatic heterocycles. The summed E-state index contributed by atoms with van der Waals surface area (Å²) >= 11 is 0. The number of aryl methyl sites for hydroxylation is 1. The van der Waals surface area contributed by atoms with Crippen molar-refractivity contribution < 1.29 is 13.2 Å². The minimum atomic E-state index is -4.34. The smallest absolute Gasteiger partial charge is 0.350 e. The van der Waals surface area contributed by atoms with Crippen LogP contribution in [0.2, 0.25) is 0 Å². The summed E-state index contributed by atoms with van der Waals surface area (Å²) in [6, 6.07) is 12.6. The first-order valence-electron chi connectivity index (χ1n) is 7.94. The van der Waals surface area contributed by atoms with Gasteiger partial charge in [-0.2, -0.15) is 17.7 Å². The summed E-state index contributed by atoms with van der Waals surface area (Å²) in [5.74, 6) is 1.10. The van der Waals surface area contributed by atoms with Crippen LogP contribution in [0.25, 0.3) is 16.6 Å². The number of nitrogens with one attached hydrogen (secondary N) is 1. The van der Waals surface area contributed by atoms with Crippen LogP contribution >= 0.6 is 0 Å². The Balaban J connectivity index is 1.66. The zero-order valence-corrected chi connectivity index (χ0v) is 13.7. The average molecular weight is 357 g/mol. The molecule has 0 saturated heterocycles. The largest absolute Gasteiger partial charge is 0.416 e. The molecule has 5 nitrogen and oxygen atoms in total. The lowest BCUT2D eigenvalue weighted by atomic mass is 10.1. The lowest BCUT2D eigenvalue weighted by Crippen LogP contribution is -2.09. The van der Waals surface area contributed by atoms with Crippen molar-refractivity contribution in [3.05, 3.63) is 65.5 Å². The summed E-state index contributed by atoms with van der Waals surface area (Å²) in [6.07, 6.45) is -4.34. The second-order valence-electron chi connectivity index (χ2n) is 5.90. The monoisotopic (exact) mass is 357 g/mol. The van der Waals surface area contributed by atoms with Crippen LogP contribution in [0.4, 0.5) is 19.1 Å². The molecule has 26 heavy (non-hydrogen) atoms. The first kappa shape index (κ1) is 16.3. The molecule has 0 amide bonds. The normalized spacial score (nSPS) is 12.0. The van der Waals surface area contributed by atoms with Crippen LogP contribution in [0.1, 0.15) is 17.0 Å². The maximum atomic E-state index is 12.7. The zero-order chi connectivity index (χ0) is 18.3. The molecule has 4 rings (SSSR count). The molecule has 0 atom stereocenters. The Hall–Kier alpha value is -3.16. The van der Waals surface area contributed by atoms with Gasteiger partial charge in [-0.1, -0.05) is 24.3 Å². The molecule has 4 aromatic rings. The molecule has 0 aliphatic rings. The number of halogens is 3. The maximum absolute atomic E-state index is 12.7. The SMILES string of the molecule is Cc1nc2c3ccccc3nc(NCc3ccc(C(F)(F)F)cc3)n2n1. The van der Waals surface area contributed by atoms with Crippen LogP contribution in [-0.4, -0.2) is 19.6 Å². The fraction of sp³-hybridized carbons (Fsp3) is 0.167. The number of hydrogen-bond acceptors (Lipinski definition) is 4. The fourth-order valence-corrected chi connectivity index (χ4v) is 2.77. The topological polar surface area (TPSA) is 55.1 Å². The van der Waals surface area contributed by atoms with Crippen molar-refractivity contribution in [3.63, 3.8) is 0 Å². The van der Waals surface area contributed by atoms with Gasteiger partial charge in [-0.25, -0.2) is 9.97 Å². The van der Waals surface area contributed by atoms with E-state index in [1.807, 2.05) is 24.3 Å². The van der Waals surface area contributed by atoms with Crippen molar-refractivity contribution in [1.29, 1.82) is 0 Å². The zero-order valence-electron chi connectivity index (χ0n) is 13.7. The molecule has 0 unspecified atom stereocenters. The van der Waals surface area contributed by atoms with Gasteiger partial charge >= 0.3 is 6.18 Å². The van der Waals surface area contributed by atoms with Gasteiger partial charge in [0, 0.05) is 11.9 Å². The molecule has 8 heteroatoms. The lowest BCUT2D eigenvalue weighted by Gasteiger charge is -2.10. The highest BCUT2D eigenvalue weighted by atomic mass is 19.4. The minimum Gasteiger partial charge on any atom is -0.350 e. The van der Waals surface area contributed by atoms with Crippen LogP contribution in [-0.2, 0) is 12.7 Å². The van der Waals surface area contributed by atoms with Gasteiger partial charge in [-0.3, -0.25) is 0 Å². The molecule has 0 aliphatic heterocycles. The molecule has 0 saturated carbocycles. The maximum Gasteiger partial charge on any atom is 0.416 e. The molecule has 0 bridgehead atoms. The highest BCUT2D eigenvalue weighted by Gasteiger charge is 2.29. The first-order valence-corrected chi connectivity index (χ1v) is 7.94. The Morgan fingerprint density at radius 3 is 2.46 bits per heavy atom. The van der Waals surface area contributed by atoms with Crippen molar-refractivity contribution in [2.75, 3.05) is 5.32 Å². The van der Waals surface area contributed by atoms with Crippen LogP contribution in [0.5, 0.6) is 0 Å². The van der Waals surface area contributed by atoms with Gasteiger partial charge in [0.2, 0.25) is 5.95 Å². The third-order valence-electron chi connectivity index (χ3n) is 4.02. The van der Waals surface area contributed by atoms with E-state index in [2.05, 4.69) is 20.4 Å². The summed E-state index contributed by atoms with van der Waals surface area (Å²) < 4.78 is 39.6. The van der Waals surface area contributed by atoms with E-state index >= 15 is 0 Å². The van der Waals surface area contributed by atoms with Crippen LogP contribution in [0.3, 0.4) is 0 Å². The van der Waals surface area contributed by atoms with Crippen molar-refractivity contribution >= 4 is 22.5 Å². The Labute approximate surface area is 146 Å². The predicted octanol–water partition coefficient (Wildman–Crippen LogP) is 4.22. The second-order valence-corrected chi connectivity index (χ2v) is 5.90. The van der Waals surface area contributed by atoms with E-state index in [4.69, 9.17) is 0 Å².